The van der Waals surface area contributed by atoms with Crippen LogP contribution in [0.25, 0.3) is 6.08 Å². The maximum atomic E-state index is 13.0. The molecule has 8 heteroatoms. The third kappa shape index (κ3) is 4.90. The Labute approximate surface area is 169 Å². The molecule has 0 aromatic heterocycles. The number of esters is 2. The molecule has 2 atom stereocenters. The van der Waals surface area contributed by atoms with Gasteiger partial charge >= 0.3 is 11.9 Å². The molecule has 0 saturated carbocycles. The highest BCUT2D eigenvalue weighted by Crippen LogP contribution is 2.28. The summed E-state index contributed by atoms with van der Waals surface area (Å²) < 4.78 is 37.1. The first-order chi connectivity index (χ1) is 13.9. The molecular formula is C21H21NO6S. The zero-order valence-electron chi connectivity index (χ0n) is 15.8. The van der Waals surface area contributed by atoms with Crippen LogP contribution in [-0.2, 0) is 29.1 Å². The van der Waals surface area contributed by atoms with E-state index in [1.54, 1.807) is 24.3 Å². The number of sulfonamides is 1. The Morgan fingerprint density at radius 3 is 2.28 bits per heavy atom. The Bertz CT molecular complexity index is 988. The van der Waals surface area contributed by atoms with Gasteiger partial charge in [0.25, 0.3) is 0 Å². The molecule has 0 N–H and O–H groups in total. The molecule has 152 valence electrons. The van der Waals surface area contributed by atoms with Crippen LogP contribution in [0.1, 0.15) is 12.0 Å². The molecule has 2 aromatic rings. The first kappa shape index (κ1) is 20.8. The molecule has 0 unspecified atom stereocenters. The Morgan fingerprint density at radius 1 is 1.03 bits per heavy atom. The number of nitrogens with zero attached hydrogens (tertiary/aromatic N) is 1. The van der Waals surface area contributed by atoms with Crippen molar-refractivity contribution < 1.29 is 27.5 Å². The second-order valence-electron chi connectivity index (χ2n) is 6.47. The van der Waals surface area contributed by atoms with Gasteiger partial charge in [0.1, 0.15) is 12.1 Å². The van der Waals surface area contributed by atoms with Crippen LogP contribution in [0.5, 0.6) is 0 Å². The predicted molar refractivity (Wildman–Crippen MR) is 106 cm³/mol. The zero-order valence-corrected chi connectivity index (χ0v) is 16.6. The van der Waals surface area contributed by atoms with Crippen LogP contribution in [-0.4, -0.2) is 50.5 Å². The summed E-state index contributed by atoms with van der Waals surface area (Å²) in [5.41, 5.74) is 0.830. The monoisotopic (exact) mass is 415 g/mol. The summed E-state index contributed by atoms with van der Waals surface area (Å²) in [6.07, 6.45) is 2.15. The van der Waals surface area contributed by atoms with Gasteiger partial charge < -0.3 is 9.47 Å². The average Bonchev–Trinajstić information content (AvgIpc) is 3.17. The quantitative estimate of drug-likeness (QED) is 0.531. The van der Waals surface area contributed by atoms with Gasteiger partial charge in [-0.3, -0.25) is 4.79 Å². The van der Waals surface area contributed by atoms with Crippen molar-refractivity contribution in [1.29, 1.82) is 0 Å². The number of benzene rings is 2. The van der Waals surface area contributed by atoms with Crippen LogP contribution < -0.4 is 0 Å². The lowest BCUT2D eigenvalue weighted by atomic mass is 10.2. The lowest BCUT2D eigenvalue weighted by Gasteiger charge is -2.21. The van der Waals surface area contributed by atoms with Gasteiger partial charge in [-0.05, 0) is 23.8 Å². The van der Waals surface area contributed by atoms with Crippen LogP contribution in [0, 0.1) is 0 Å². The van der Waals surface area contributed by atoms with Crippen LogP contribution in [0.15, 0.2) is 71.6 Å². The van der Waals surface area contributed by atoms with Gasteiger partial charge in [-0.1, -0.05) is 48.5 Å². The lowest BCUT2D eigenvalue weighted by Crippen LogP contribution is -2.41. The molecule has 0 bridgehead atoms. The van der Waals surface area contributed by atoms with Crippen LogP contribution in [0.2, 0.25) is 0 Å². The third-order valence-electron chi connectivity index (χ3n) is 4.53. The minimum absolute atomic E-state index is 0.0314. The van der Waals surface area contributed by atoms with E-state index in [1.165, 1.54) is 25.3 Å². The van der Waals surface area contributed by atoms with E-state index in [-0.39, 0.29) is 17.9 Å². The van der Waals surface area contributed by atoms with Crippen molar-refractivity contribution in [2.75, 3.05) is 13.7 Å². The summed E-state index contributed by atoms with van der Waals surface area (Å²) >= 11 is 0. The van der Waals surface area contributed by atoms with Gasteiger partial charge in [-0.2, -0.15) is 4.31 Å². The fraction of sp³-hybridized carbons (Fsp3) is 0.238. The Morgan fingerprint density at radius 2 is 1.66 bits per heavy atom. The van der Waals surface area contributed by atoms with Crippen LogP contribution in [0.3, 0.4) is 0 Å². The molecule has 1 heterocycles. The SMILES string of the molecule is COC(=O)[C@@H]1C[C@@H](OC(=O)/C=C/c2ccccc2)CN1S(=O)(=O)c1ccccc1. The molecular weight excluding hydrogens is 394 g/mol. The summed E-state index contributed by atoms with van der Waals surface area (Å²) in [4.78, 5) is 24.4. The summed E-state index contributed by atoms with van der Waals surface area (Å²) in [5, 5.41) is 0. The molecule has 1 saturated heterocycles. The molecule has 0 amide bonds. The summed E-state index contributed by atoms with van der Waals surface area (Å²) in [6, 6.07) is 16.0. The van der Waals surface area contributed by atoms with E-state index in [2.05, 4.69) is 0 Å². The van der Waals surface area contributed by atoms with Crippen LogP contribution in [0.4, 0.5) is 0 Å². The van der Waals surface area contributed by atoms with Crippen molar-refractivity contribution in [3.05, 3.63) is 72.3 Å². The Hall–Kier alpha value is -2.97. The first-order valence-corrected chi connectivity index (χ1v) is 10.4. The highest BCUT2D eigenvalue weighted by Gasteiger charge is 2.45. The molecule has 0 radical (unpaired) electrons. The second-order valence-corrected chi connectivity index (χ2v) is 8.36. The Balaban J connectivity index is 1.75. The first-order valence-electron chi connectivity index (χ1n) is 9.00. The summed E-state index contributed by atoms with van der Waals surface area (Å²) in [7, 11) is -2.75. The number of ether oxygens (including phenoxy) is 2. The fourth-order valence-electron chi connectivity index (χ4n) is 3.13. The molecule has 1 aliphatic rings. The number of methoxy groups -OCH3 is 1. The van der Waals surface area contributed by atoms with Gasteiger partial charge in [0.05, 0.1) is 18.6 Å². The van der Waals surface area contributed by atoms with Gasteiger partial charge in [0.2, 0.25) is 10.0 Å². The lowest BCUT2D eigenvalue weighted by molar-refractivity contribution is -0.146. The van der Waals surface area contributed by atoms with Crippen molar-refractivity contribution >= 4 is 28.0 Å². The molecule has 1 fully saturated rings. The Kier molecular flexibility index (Phi) is 6.46. The second kappa shape index (κ2) is 9.02. The molecule has 0 spiro atoms. The third-order valence-corrected chi connectivity index (χ3v) is 6.42. The van der Waals surface area contributed by atoms with Gasteiger partial charge in [0.15, 0.2) is 0 Å². The molecule has 2 aromatic carbocycles. The molecule has 1 aliphatic heterocycles. The van der Waals surface area contributed by atoms with Crippen molar-refractivity contribution in [3.8, 4) is 0 Å². The van der Waals surface area contributed by atoms with Crippen LogP contribution >= 0.6 is 0 Å². The minimum Gasteiger partial charge on any atom is -0.468 e. The average molecular weight is 415 g/mol. The number of hydrogen-bond acceptors (Lipinski definition) is 6. The van der Waals surface area contributed by atoms with E-state index in [4.69, 9.17) is 9.47 Å². The summed E-state index contributed by atoms with van der Waals surface area (Å²) in [5.74, 6) is -1.30. The van der Waals surface area contributed by atoms with E-state index in [0.29, 0.717) is 0 Å². The molecule has 0 aliphatic carbocycles. The maximum absolute atomic E-state index is 13.0. The number of hydrogen-bond donors (Lipinski definition) is 0. The van der Waals surface area contributed by atoms with E-state index in [0.717, 1.165) is 9.87 Å². The van der Waals surface area contributed by atoms with E-state index < -0.39 is 34.1 Å². The topological polar surface area (TPSA) is 90.0 Å². The predicted octanol–water partition coefficient (Wildman–Crippen LogP) is 2.25. The normalized spacial score (nSPS) is 19.9. The molecule has 29 heavy (non-hydrogen) atoms. The highest BCUT2D eigenvalue weighted by molar-refractivity contribution is 7.89. The minimum atomic E-state index is -3.94. The molecule has 7 nitrogen and oxygen atoms in total. The smallest absolute Gasteiger partial charge is 0.331 e. The van der Waals surface area contributed by atoms with E-state index in [9.17, 15) is 18.0 Å². The summed E-state index contributed by atoms with van der Waals surface area (Å²) in [6.45, 7) is -0.123. The maximum Gasteiger partial charge on any atom is 0.331 e. The van der Waals surface area contributed by atoms with Crippen molar-refractivity contribution in [2.24, 2.45) is 0 Å². The van der Waals surface area contributed by atoms with Gasteiger partial charge in [-0.15, -0.1) is 0 Å². The molecule has 3 rings (SSSR count). The number of carbonyl (C=O) groups is 2. The van der Waals surface area contributed by atoms with E-state index >= 15 is 0 Å². The van der Waals surface area contributed by atoms with E-state index in [1.807, 2.05) is 30.3 Å². The zero-order chi connectivity index (χ0) is 20.9. The van der Waals surface area contributed by atoms with Gasteiger partial charge in [-0.25, -0.2) is 13.2 Å². The number of carbonyl (C=O) groups excluding carboxylic acids is 2. The van der Waals surface area contributed by atoms with Crippen molar-refractivity contribution in [1.82, 2.24) is 4.31 Å². The van der Waals surface area contributed by atoms with Gasteiger partial charge in [0, 0.05) is 12.5 Å². The highest BCUT2D eigenvalue weighted by atomic mass is 32.2. The van der Waals surface area contributed by atoms with Crippen molar-refractivity contribution in [2.45, 2.75) is 23.5 Å². The fourth-order valence-corrected chi connectivity index (χ4v) is 4.77. The standard InChI is InChI=1S/C21H21NO6S/c1-27-21(24)19-14-17(28-20(23)13-12-16-8-4-2-5-9-16)15-22(19)29(25,26)18-10-6-3-7-11-18/h2-13,17,19H,14-15H2,1H3/b13-12+/t17-,19+/m1/s1. The largest absolute Gasteiger partial charge is 0.468 e. The van der Waals surface area contributed by atoms with Crippen molar-refractivity contribution in [3.63, 3.8) is 0 Å². The number of rotatable bonds is 6.